The van der Waals surface area contributed by atoms with Crippen molar-refractivity contribution in [2.45, 2.75) is 26.4 Å². The summed E-state index contributed by atoms with van der Waals surface area (Å²) in [5.41, 5.74) is 0.294. The maximum atomic E-state index is 14.1. The molecule has 0 aliphatic carbocycles. The number of hydrogen-bond acceptors (Lipinski definition) is 2. The molecule has 0 radical (unpaired) electrons. The van der Waals surface area contributed by atoms with Gasteiger partial charge in [0.2, 0.25) is 0 Å². The molecule has 1 aliphatic rings. The fraction of sp³-hybridized carbons (Fsp3) is 0.533. The number of halogens is 1. The van der Waals surface area contributed by atoms with Crippen LogP contribution in [0.1, 0.15) is 29.8 Å². The van der Waals surface area contributed by atoms with Gasteiger partial charge in [-0.3, -0.25) is 4.79 Å². The average molecular weight is 265 g/mol. The van der Waals surface area contributed by atoms with Gasteiger partial charge >= 0.3 is 0 Å². The van der Waals surface area contributed by atoms with E-state index in [0.717, 1.165) is 5.56 Å². The number of nitrogens with zero attached hydrogens (tertiary/aromatic N) is 1. The average Bonchev–Trinajstić information content (AvgIpc) is 2.34. The Hall–Kier alpha value is -1.58. The van der Waals surface area contributed by atoms with Crippen LogP contribution in [-0.4, -0.2) is 36.7 Å². The predicted molar refractivity (Wildman–Crippen MR) is 72.3 cm³/mol. The zero-order valence-electron chi connectivity index (χ0n) is 11.9. The minimum atomic E-state index is -1.23. The van der Waals surface area contributed by atoms with Crippen molar-refractivity contribution in [3.8, 4) is 5.75 Å². The van der Waals surface area contributed by atoms with E-state index in [9.17, 15) is 9.18 Å². The molecule has 0 unspecified atom stereocenters. The molecule has 1 amide bonds. The molecule has 0 bridgehead atoms. The SMILES string of the molecule is COc1cc(C(=O)N2CC(F)(C(C)C)C2)ccc1C. The molecule has 1 aromatic rings. The molecule has 3 nitrogen and oxygen atoms in total. The predicted octanol–water partition coefficient (Wildman–Crippen LogP) is 2.82. The minimum Gasteiger partial charge on any atom is -0.496 e. The summed E-state index contributed by atoms with van der Waals surface area (Å²) in [4.78, 5) is 13.8. The van der Waals surface area contributed by atoms with E-state index in [0.29, 0.717) is 11.3 Å². The lowest BCUT2D eigenvalue weighted by Crippen LogP contribution is -2.63. The van der Waals surface area contributed by atoms with E-state index >= 15 is 0 Å². The molecular formula is C15H20FNO2. The van der Waals surface area contributed by atoms with Crippen LogP contribution in [0.4, 0.5) is 4.39 Å². The van der Waals surface area contributed by atoms with Crippen molar-refractivity contribution in [1.29, 1.82) is 0 Å². The highest BCUT2D eigenvalue weighted by Gasteiger charge is 2.48. The number of hydrogen-bond donors (Lipinski definition) is 0. The van der Waals surface area contributed by atoms with Gasteiger partial charge in [0.25, 0.3) is 5.91 Å². The third-order valence-electron chi connectivity index (χ3n) is 3.88. The van der Waals surface area contributed by atoms with Crippen molar-refractivity contribution in [2.75, 3.05) is 20.2 Å². The van der Waals surface area contributed by atoms with Gasteiger partial charge in [-0.1, -0.05) is 19.9 Å². The molecular weight excluding hydrogens is 245 g/mol. The Morgan fingerprint density at radius 2 is 2.05 bits per heavy atom. The van der Waals surface area contributed by atoms with Gasteiger partial charge in [-0.15, -0.1) is 0 Å². The van der Waals surface area contributed by atoms with E-state index in [4.69, 9.17) is 4.74 Å². The first kappa shape index (κ1) is 13.8. The number of methoxy groups -OCH3 is 1. The maximum Gasteiger partial charge on any atom is 0.254 e. The first-order chi connectivity index (χ1) is 8.87. The Morgan fingerprint density at radius 3 is 2.58 bits per heavy atom. The Bertz CT molecular complexity index is 493. The summed E-state index contributed by atoms with van der Waals surface area (Å²) in [6.45, 7) is 5.97. The van der Waals surface area contributed by atoms with Crippen molar-refractivity contribution in [3.63, 3.8) is 0 Å². The summed E-state index contributed by atoms with van der Waals surface area (Å²) < 4.78 is 19.3. The fourth-order valence-electron chi connectivity index (χ4n) is 2.23. The van der Waals surface area contributed by atoms with Crippen LogP contribution in [0.5, 0.6) is 5.75 Å². The zero-order valence-corrected chi connectivity index (χ0v) is 11.9. The lowest BCUT2D eigenvalue weighted by Gasteiger charge is -2.46. The van der Waals surface area contributed by atoms with E-state index in [2.05, 4.69) is 0 Å². The number of likely N-dealkylation sites (tertiary alicyclic amines) is 1. The Balaban J connectivity index is 2.10. The molecule has 0 aromatic heterocycles. The van der Waals surface area contributed by atoms with Gasteiger partial charge in [-0.05, 0) is 30.5 Å². The minimum absolute atomic E-state index is 0.0656. The summed E-state index contributed by atoms with van der Waals surface area (Å²) in [5.74, 6) is 0.484. The highest BCUT2D eigenvalue weighted by atomic mass is 19.1. The van der Waals surface area contributed by atoms with Gasteiger partial charge in [-0.25, -0.2) is 4.39 Å². The van der Waals surface area contributed by atoms with Crippen LogP contribution in [0, 0.1) is 12.8 Å². The summed E-state index contributed by atoms with van der Waals surface area (Å²) >= 11 is 0. The lowest BCUT2D eigenvalue weighted by molar-refractivity contribution is -0.0484. The molecule has 0 saturated carbocycles. The fourth-order valence-corrected chi connectivity index (χ4v) is 2.23. The second-order valence-electron chi connectivity index (χ2n) is 5.53. The molecule has 1 heterocycles. The van der Waals surface area contributed by atoms with E-state index in [-0.39, 0.29) is 24.9 Å². The van der Waals surface area contributed by atoms with Gasteiger partial charge in [0.1, 0.15) is 11.4 Å². The molecule has 1 aromatic carbocycles. The first-order valence-corrected chi connectivity index (χ1v) is 6.50. The Labute approximate surface area is 113 Å². The van der Waals surface area contributed by atoms with Crippen LogP contribution in [0.3, 0.4) is 0 Å². The zero-order chi connectivity index (χ0) is 14.2. The van der Waals surface area contributed by atoms with Crippen LogP contribution in [-0.2, 0) is 0 Å². The molecule has 0 spiro atoms. The topological polar surface area (TPSA) is 29.5 Å². The van der Waals surface area contributed by atoms with Gasteiger partial charge in [0.05, 0.1) is 20.2 Å². The van der Waals surface area contributed by atoms with E-state index in [1.165, 1.54) is 0 Å². The Kier molecular flexibility index (Phi) is 3.52. The third kappa shape index (κ3) is 2.44. The second kappa shape index (κ2) is 4.83. The van der Waals surface area contributed by atoms with Crippen LogP contribution < -0.4 is 4.74 Å². The summed E-state index contributed by atoms with van der Waals surface area (Å²) in [7, 11) is 1.57. The molecule has 2 rings (SSSR count). The van der Waals surface area contributed by atoms with Gasteiger partial charge in [0, 0.05) is 5.56 Å². The molecule has 1 saturated heterocycles. The normalized spacial score (nSPS) is 17.3. The number of carbonyl (C=O) groups excluding carboxylic acids is 1. The van der Waals surface area contributed by atoms with Crippen LogP contribution >= 0.6 is 0 Å². The van der Waals surface area contributed by atoms with Crippen molar-refractivity contribution in [3.05, 3.63) is 29.3 Å². The number of amides is 1. The van der Waals surface area contributed by atoms with Gasteiger partial charge < -0.3 is 9.64 Å². The van der Waals surface area contributed by atoms with Crippen molar-refractivity contribution in [2.24, 2.45) is 5.92 Å². The van der Waals surface area contributed by atoms with E-state index in [1.807, 2.05) is 26.8 Å². The molecule has 4 heteroatoms. The molecule has 0 N–H and O–H groups in total. The van der Waals surface area contributed by atoms with Crippen molar-refractivity contribution < 1.29 is 13.9 Å². The molecule has 104 valence electrons. The van der Waals surface area contributed by atoms with Gasteiger partial charge in [0.15, 0.2) is 0 Å². The largest absolute Gasteiger partial charge is 0.496 e. The quantitative estimate of drug-likeness (QED) is 0.841. The monoisotopic (exact) mass is 265 g/mol. The number of carbonyl (C=O) groups is 1. The summed E-state index contributed by atoms with van der Waals surface area (Å²) in [6.07, 6.45) is 0. The van der Waals surface area contributed by atoms with Crippen LogP contribution in [0.2, 0.25) is 0 Å². The van der Waals surface area contributed by atoms with Gasteiger partial charge in [-0.2, -0.15) is 0 Å². The molecule has 0 atom stereocenters. The Morgan fingerprint density at radius 1 is 1.42 bits per heavy atom. The van der Waals surface area contributed by atoms with E-state index in [1.54, 1.807) is 24.1 Å². The van der Waals surface area contributed by atoms with E-state index < -0.39 is 5.67 Å². The van der Waals surface area contributed by atoms with Crippen LogP contribution in [0.15, 0.2) is 18.2 Å². The second-order valence-corrected chi connectivity index (χ2v) is 5.53. The first-order valence-electron chi connectivity index (χ1n) is 6.50. The summed E-state index contributed by atoms with van der Waals surface area (Å²) in [5, 5.41) is 0. The lowest BCUT2D eigenvalue weighted by atomic mass is 9.84. The number of ether oxygens (including phenoxy) is 1. The standard InChI is InChI=1S/C15H20FNO2/c1-10(2)15(16)8-17(9-15)14(18)12-6-5-11(3)13(7-12)19-4/h5-7,10H,8-9H2,1-4H3. The van der Waals surface area contributed by atoms with Crippen molar-refractivity contribution >= 4 is 5.91 Å². The van der Waals surface area contributed by atoms with Crippen molar-refractivity contribution in [1.82, 2.24) is 4.90 Å². The summed E-state index contributed by atoms with van der Waals surface area (Å²) in [6, 6.07) is 5.32. The third-order valence-corrected chi connectivity index (χ3v) is 3.88. The molecule has 1 fully saturated rings. The highest BCUT2D eigenvalue weighted by molar-refractivity contribution is 5.95. The smallest absolute Gasteiger partial charge is 0.254 e. The number of alkyl halides is 1. The number of benzene rings is 1. The number of rotatable bonds is 3. The molecule has 1 aliphatic heterocycles. The van der Waals surface area contributed by atoms with Crippen LogP contribution in [0.25, 0.3) is 0 Å². The maximum absolute atomic E-state index is 14.1. The molecule has 19 heavy (non-hydrogen) atoms. The highest BCUT2D eigenvalue weighted by Crippen LogP contribution is 2.34. The number of aryl methyl sites for hydroxylation is 1.